The van der Waals surface area contributed by atoms with Crippen LogP contribution in [0.1, 0.15) is 24.1 Å². The summed E-state index contributed by atoms with van der Waals surface area (Å²) < 4.78 is 31.9. The predicted molar refractivity (Wildman–Crippen MR) is 127 cm³/mol. The molecule has 33 heavy (non-hydrogen) atoms. The highest BCUT2D eigenvalue weighted by molar-refractivity contribution is 5.85. The lowest BCUT2D eigenvalue weighted by molar-refractivity contribution is -0.142. The second-order valence-corrected chi connectivity index (χ2v) is 7.05. The fraction of sp³-hybridized carbons (Fsp3) is 0.391. The van der Waals surface area contributed by atoms with Gasteiger partial charge in [-0.2, -0.15) is 5.26 Å². The Morgan fingerprint density at radius 3 is 1.82 bits per heavy atom. The number of carboxylic acids is 1. The number of benzene rings is 2. The van der Waals surface area contributed by atoms with Crippen LogP contribution in [0.5, 0.6) is 0 Å². The molecule has 1 fully saturated rings. The standard InChI is InChI=1S/C21H24F2N2O3.C2H3N.2ClH/c22-18-5-1-16(2-6-18)21(17-3-7-19(23)8-4-17)25-11-9-24(10-12-25)13-14-28-15-20(26)27;1-2-3;;/h1-8,21H,9-15H2,(H,26,27);1H3;2*1H. The molecule has 2 aromatic carbocycles. The quantitative estimate of drug-likeness (QED) is 0.545. The summed E-state index contributed by atoms with van der Waals surface area (Å²) in [5, 5.41) is 15.9. The van der Waals surface area contributed by atoms with E-state index in [9.17, 15) is 13.6 Å². The van der Waals surface area contributed by atoms with Crippen molar-refractivity contribution < 1.29 is 23.4 Å². The average Bonchev–Trinajstić information content (AvgIpc) is 2.75. The van der Waals surface area contributed by atoms with E-state index in [1.807, 2.05) is 0 Å². The van der Waals surface area contributed by atoms with Crippen molar-refractivity contribution >= 4 is 30.8 Å². The molecular weight excluding hydrogens is 475 g/mol. The van der Waals surface area contributed by atoms with E-state index in [0.29, 0.717) is 13.2 Å². The maximum atomic E-state index is 13.4. The van der Waals surface area contributed by atoms with E-state index in [1.165, 1.54) is 31.2 Å². The summed E-state index contributed by atoms with van der Waals surface area (Å²) in [4.78, 5) is 15.0. The molecule has 1 N–H and O–H groups in total. The van der Waals surface area contributed by atoms with Gasteiger partial charge in [0.05, 0.1) is 18.7 Å². The Bertz CT molecular complexity index is 811. The van der Waals surface area contributed by atoms with Gasteiger partial charge < -0.3 is 9.84 Å². The van der Waals surface area contributed by atoms with Crippen LogP contribution in [0.25, 0.3) is 0 Å². The van der Waals surface area contributed by atoms with Crippen LogP contribution >= 0.6 is 24.8 Å². The number of rotatable bonds is 8. The van der Waals surface area contributed by atoms with Gasteiger partial charge in [-0.25, -0.2) is 13.6 Å². The minimum atomic E-state index is -0.966. The number of nitrogens with zero attached hydrogens (tertiary/aromatic N) is 3. The van der Waals surface area contributed by atoms with Gasteiger partial charge in [-0.1, -0.05) is 24.3 Å². The summed E-state index contributed by atoms with van der Waals surface area (Å²) in [5.41, 5.74) is 1.93. The third-order valence-electron chi connectivity index (χ3n) is 4.92. The van der Waals surface area contributed by atoms with Gasteiger partial charge in [0.25, 0.3) is 0 Å². The first-order valence-electron chi connectivity index (χ1n) is 10.0. The Morgan fingerprint density at radius 1 is 1.00 bits per heavy atom. The number of piperazine rings is 1. The molecule has 3 rings (SSSR count). The molecular formula is C23H29Cl2F2N3O3. The van der Waals surface area contributed by atoms with Crippen LogP contribution in [0.4, 0.5) is 8.78 Å². The summed E-state index contributed by atoms with van der Waals surface area (Å²) in [5.74, 6) is -1.54. The number of nitriles is 1. The van der Waals surface area contributed by atoms with Crippen molar-refractivity contribution in [3.8, 4) is 6.07 Å². The number of hydrogen-bond acceptors (Lipinski definition) is 5. The molecule has 2 aromatic rings. The molecule has 0 amide bonds. The summed E-state index contributed by atoms with van der Waals surface area (Å²) in [6.07, 6.45) is 0. The average molecular weight is 504 g/mol. The maximum absolute atomic E-state index is 13.4. The Labute approximate surface area is 205 Å². The number of carbonyl (C=O) groups is 1. The molecule has 6 nitrogen and oxygen atoms in total. The van der Waals surface area contributed by atoms with Crippen molar-refractivity contribution in [1.29, 1.82) is 5.26 Å². The summed E-state index contributed by atoms with van der Waals surface area (Å²) in [6, 6.07) is 14.6. The lowest BCUT2D eigenvalue weighted by atomic mass is 9.96. The number of hydrogen-bond donors (Lipinski definition) is 1. The Hall–Kier alpha value is -2.28. The lowest BCUT2D eigenvalue weighted by Gasteiger charge is -2.39. The van der Waals surface area contributed by atoms with Crippen LogP contribution in [0.3, 0.4) is 0 Å². The minimum absolute atomic E-state index is 0. The van der Waals surface area contributed by atoms with Gasteiger partial charge in [0.1, 0.15) is 18.2 Å². The predicted octanol–water partition coefficient (Wildman–Crippen LogP) is 4.15. The topological polar surface area (TPSA) is 76.8 Å². The largest absolute Gasteiger partial charge is 0.480 e. The first-order chi connectivity index (χ1) is 14.9. The van der Waals surface area contributed by atoms with Crippen LogP contribution in [0.15, 0.2) is 48.5 Å². The normalized spacial score (nSPS) is 13.7. The van der Waals surface area contributed by atoms with Gasteiger partial charge in [-0.05, 0) is 35.4 Å². The Morgan fingerprint density at radius 2 is 1.42 bits per heavy atom. The smallest absolute Gasteiger partial charge is 0.329 e. The van der Waals surface area contributed by atoms with Crippen LogP contribution in [0.2, 0.25) is 0 Å². The highest BCUT2D eigenvalue weighted by Gasteiger charge is 2.26. The van der Waals surface area contributed by atoms with E-state index in [1.54, 1.807) is 30.3 Å². The lowest BCUT2D eigenvalue weighted by Crippen LogP contribution is -2.48. The molecule has 0 radical (unpaired) electrons. The first kappa shape index (κ1) is 30.7. The maximum Gasteiger partial charge on any atom is 0.329 e. The van der Waals surface area contributed by atoms with Gasteiger partial charge in [0.2, 0.25) is 0 Å². The summed E-state index contributed by atoms with van der Waals surface area (Å²) in [6.45, 7) is 5.42. The van der Waals surface area contributed by atoms with E-state index in [0.717, 1.165) is 37.3 Å². The third-order valence-corrected chi connectivity index (χ3v) is 4.92. The van der Waals surface area contributed by atoms with Crippen molar-refractivity contribution in [2.45, 2.75) is 13.0 Å². The van der Waals surface area contributed by atoms with Crippen LogP contribution in [0, 0.1) is 23.0 Å². The zero-order chi connectivity index (χ0) is 22.6. The van der Waals surface area contributed by atoms with Gasteiger partial charge in [-0.15, -0.1) is 24.8 Å². The molecule has 1 saturated heterocycles. The molecule has 0 atom stereocenters. The minimum Gasteiger partial charge on any atom is -0.480 e. The fourth-order valence-corrected chi connectivity index (χ4v) is 3.50. The van der Waals surface area contributed by atoms with Crippen molar-refractivity contribution in [3.05, 3.63) is 71.3 Å². The molecule has 0 aromatic heterocycles. The van der Waals surface area contributed by atoms with Crippen LogP contribution in [-0.4, -0.2) is 66.8 Å². The van der Waals surface area contributed by atoms with E-state index >= 15 is 0 Å². The number of aliphatic carboxylic acids is 1. The SMILES string of the molecule is CC#N.Cl.Cl.O=C(O)COCCN1CCN(C(c2ccc(F)cc2)c2ccc(F)cc2)CC1. The van der Waals surface area contributed by atoms with Gasteiger partial charge in [0.15, 0.2) is 0 Å². The zero-order valence-electron chi connectivity index (χ0n) is 18.3. The van der Waals surface area contributed by atoms with E-state index in [2.05, 4.69) is 9.80 Å². The summed E-state index contributed by atoms with van der Waals surface area (Å²) >= 11 is 0. The summed E-state index contributed by atoms with van der Waals surface area (Å²) in [7, 11) is 0. The van der Waals surface area contributed by atoms with E-state index < -0.39 is 5.97 Å². The molecule has 0 spiro atoms. The highest BCUT2D eigenvalue weighted by atomic mass is 35.5. The van der Waals surface area contributed by atoms with Gasteiger partial charge in [-0.3, -0.25) is 9.80 Å². The van der Waals surface area contributed by atoms with Crippen molar-refractivity contribution in [2.75, 3.05) is 45.9 Å². The molecule has 0 bridgehead atoms. The second-order valence-electron chi connectivity index (χ2n) is 7.05. The van der Waals surface area contributed by atoms with Crippen LogP contribution in [-0.2, 0) is 9.53 Å². The molecule has 0 unspecified atom stereocenters. The number of ether oxygens (including phenoxy) is 1. The first-order valence-corrected chi connectivity index (χ1v) is 10.0. The monoisotopic (exact) mass is 503 g/mol. The van der Waals surface area contributed by atoms with E-state index in [4.69, 9.17) is 15.1 Å². The van der Waals surface area contributed by atoms with E-state index in [-0.39, 0.29) is 49.1 Å². The van der Waals surface area contributed by atoms with Crippen molar-refractivity contribution in [1.82, 2.24) is 9.80 Å². The molecule has 0 aliphatic carbocycles. The van der Waals surface area contributed by atoms with Gasteiger partial charge >= 0.3 is 5.97 Å². The number of halogens is 4. The molecule has 0 saturated carbocycles. The Balaban J connectivity index is 0.00000194. The molecule has 1 aliphatic rings. The second kappa shape index (κ2) is 16.4. The van der Waals surface area contributed by atoms with Crippen LogP contribution < -0.4 is 0 Å². The van der Waals surface area contributed by atoms with Crippen molar-refractivity contribution in [3.63, 3.8) is 0 Å². The molecule has 1 aliphatic heterocycles. The molecule has 1 heterocycles. The van der Waals surface area contributed by atoms with Crippen molar-refractivity contribution in [2.24, 2.45) is 0 Å². The zero-order valence-corrected chi connectivity index (χ0v) is 20.0. The fourth-order valence-electron chi connectivity index (χ4n) is 3.50. The number of carboxylic acid groups (broad SMARTS) is 1. The van der Waals surface area contributed by atoms with Gasteiger partial charge in [0, 0.05) is 39.6 Å². The third kappa shape index (κ3) is 10.5. The highest BCUT2D eigenvalue weighted by Crippen LogP contribution is 2.30. The molecule has 182 valence electrons. The molecule has 10 heteroatoms. The Kier molecular flexibility index (Phi) is 15.2.